The molecule has 20 heavy (non-hydrogen) atoms. The van der Waals surface area contributed by atoms with E-state index in [2.05, 4.69) is 4.74 Å². The second kappa shape index (κ2) is 5.32. The summed E-state index contributed by atoms with van der Waals surface area (Å²) in [5.41, 5.74) is -6.53. The van der Waals surface area contributed by atoms with Gasteiger partial charge in [-0.25, -0.2) is 0 Å². The number of hydrogen-bond acceptors (Lipinski definition) is 2. The minimum absolute atomic E-state index is 0.289. The SMILES string of the molecule is CC[C@H](C)C(=O)OC(C(F)(F)F)(C(F)(F)F)C(F)(F)F. The zero-order valence-electron chi connectivity index (χ0n) is 10.0. The van der Waals surface area contributed by atoms with Crippen LogP contribution in [0.2, 0.25) is 0 Å². The van der Waals surface area contributed by atoms with Crippen LogP contribution >= 0.6 is 0 Å². The Bertz CT molecular complexity index is 316. The van der Waals surface area contributed by atoms with Gasteiger partial charge in [0.25, 0.3) is 0 Å². The van der Waals surface area contributed by atoms with Crippen molar-refractivity contribution in [1.29, 1.82) is 0 Å². The van der Waals surface area contributed by atoms with Crippen molar-refractivity contribution in [3.8, 4) is 0 Å². The van der Waals surface area contributed by atoms with Gasteiger partial charge in [0.15, 0.2) is 0 Å². The molecule has 0 saturated carbocycles. The maximum atomic E-state index is 12.4. The van der Waals surface area contributed by atoms with E-state index in [1.165, 1.54) is 6.92 Å². The summed E-state index contributed by atoms with van der Waals surface area (Å²) in [6.07, 6.45) is -21.0. The van der Waals surface area contributed by atoms with Crippen LogP contribution in [0.25, 0.3) is 0 Å². The lowest BCUT2D eigenvalue weighted by atomic mass is 10.0. The average molecular weight is 320 g/mol. The predicted molar refractivity (Wildman–Crippen MR) is 46.4 cm³/mol. The third-order valence-electron chi connectivity index (χ3n) is 2.47. The molecule has 0 aromatic carbocycles. The van der Waals surface area contributed by atoms with Crippen molar-refractivity contribution in [3.05, 3.63) is 0 Å². The molecule has 0 aromatic rings. The fourth-order valence-corrected chi connectivity index (χ4v) is 1.07. The van der Waals surface area contributed by atoms with Gasteiger partial charge in [0.1, 0.15) is 0 Å². The van der Waals surface area contributed by atoms with Crippen LogP contribution in [-0.2, 0) is 9.53 Å². The summed E-state index contributed by atoms with van der Waals surface area (Å²) in [7, 11) is 0. The molecule has 0 aromatic heterocycles. The fraction of sp³-hybridized carbons (Fsp3) is 0.889. The van der Waals surface area contributed by atoms with Crippen molar-refractivity contribution in [2.45, 2.75) is 44.4 Å². The van der Waals surface area contributed by atoms with Gasteiger partial charge >= 0.3 is 30.1 Å². The van der Waals surface area contributed by atoms with Gasteiger partial charge in [-0.05, 0) is 6.42 Å². The number of rotatable bonds is 3. The molecule has 0 fully saturated rings. The number of carbonyl (C=O) groups excluding carboxylic acids is 1. The highest BCUT2D eigenvalue weighted by Gasteiger charge is 2.87. The lowest BCUT2D eigenvalue weighted by molar-refractivity contribution is -0.446. The number of esters is 1. The lowest BCUT2D eigenvalue weighted by Gasteiger charge is -2.37. The number of carbonyl (C=O) groups is 1. The molecule has 0 saturated heterocycles. The van der Waals surface area contributed by atoms with Crippen LogP contribution in [0.15, 0.2) is 0 Å². The minimum Gasteiger partial charge on any atom is -0.432 e. The summed E-state index contributed by atoms with van der Waals surface area (Å²) in [6, 6.07) is 0. The normalized spacial score (nSPS) is 15.9. The molecule has 0 aliphatic heterocycles. The molecule has 0 radical (unpaired) electrons. The maximum absolute atomic E-state index is 12.4. The first kappa shape index (κ1) is 18.8. The van der Waals surface area contributed by atoms with E-state index in [-0.39, 0.29) is 6.42 Å². The van der Waals surface area contributed by atoms with Crippen LogP contribution in [0.5, 0.6) is 0 Å². The topological polar surface area (TPSA) is 26.3 Å². The Kier molecular flexibility index (Phi) is 5.01. The van der Waals surface area contributed by atoms with Crippen molar-refractivity contribution < 1.29 is 49.0 Å². The second-order valence-corrected chi connectivity index (χ2v) is 3.90. The zero-order chi connectivity index (χ0) is 16.6. The van der Waals surface area contributed by atoms with Crippen molar-refractivity contribution in [1.82, 2.24) is 0 Å². The standard InChI is InChI=1S/C9H9F9O2/c1-3-4(2)5(19)20-6(7(10,11)12,8(13,14)15)9(16,17)18/h4H,3H2,1-2H3/t4-/m0/s1. The summed E-state index contributed by atoms with van der Waals surface area (Å²) in [6.45, 7) is 2.03. The van der Waals surface area contributed by atoms with Crippen molar-refractivity contribution in [2.75, 3.05) is 0 Å². The van der Waals surface area contributed by atoms with Gasteiger partial charge in [-0.1, -0.05) is 13.8 Å². The van der Waals surface area contributed by atoms with Crippen molar-refractivity contribution >= 4 is 5.97 Å². The highest BCUT2D eigenvalue weighted by Crippen LogP contribution is 2.55. The summed E-state index contributed by atoms with van der Waals surface area (Å²) < 4.78 is 114. The second-order valence-electron chi connectivity index (χ2n) is 3.90. The Morgan fingerprint density at radius 1 is 0.900 bits per heavy atom. The van der Waals surface area contributed by atoms with Crippen LogP contribution in [0.4, 0.5) is 39.5 Å². The summed E-state index contributed by atoms with van der Waals surface area (Å²) in [4.78, 5) is 11.0. The average Bonchev–Trinajstić information content (AvgIpc) is 2.18. The van der Waals surface area contributed by atoms with Crippen LogP contribution in [0.1, 0.15) is 20.3 Å². The first-order chi connectivity index (χ1) is 8.62. The van der Waals surface area contributed by atoms with E-state index in [0.717, 1.165) is 6.92 Å². The van der Waals surface area contributed by atoms with Gasteiger partial charge in [-0.15, -0.1) is 0 Å². The molecule has 0 amide bonds. The van der Waals surface area contributed by atoms with E-state index in [0.29, 0.717) is 0 Å². The molecule has 0 bridgehead atoms. The number of hydrogen-bond donors (Lipinski definition) is 0. The summed E-state index contributed by atoms with van der Waals surface area (Å²) in [5, 5.41) is 0. The van der Waals surface area contributed by atoms with E-state index in [1.54, 1.807) is 0 Å². The van der Waals surface area contributed by atoms with Gasteiger partial charge in [0.2, 0.25) is 0 Å². The number of ether oxygens (including phenoxy) is 1. The first-order valence-corrected chi connectivity index (χ1v) is 5.04. The van der Waals surface area contributed by atoms with E-state index in [9.17, 15) is 44.3 Å². The molecule has 0 spiro atoms. The van der Waals surface area contributed by atoms with Gasteiger partial charge in [-0.2, -0.15) is 39.5 Å². The van der Waals surface area contributed by atoms with E-state index in [4.69, 9.17) is 0 Å². The van der Waals surface area contributed by atoms with Crippen LogP contribution in [0.3, 0.4) is 0 Å². The van der Waals surface area contributed by atoms with Crippen LogP contribution < -0.4 is 0 Å². The monoisotopic (exact) mass is 320 g/mol. The Labute approximate surface area is 106 Å². The molecule has 120 valence electrons. The quantitative estimate of drug-likeness (QED) is 0.580. The van der Waals surface area contributed by atoms with E-state index < -0.39 is 36.0 Å². The molecule has 0 aliphatic carbocycles. The molecule has 0 heterocycles. The lowest BCUT2D eigenvalue weighted by Crippen LogP contribution is -2.68. The van der Waals surface area contributed by atoms with Gasteiger partial charge in [-0.3, -0.25) is 4.79 Å². The Hall–Kier alpha value is -1.16. The number of halogens is 9. The van der Waals surface area contributed by atoms with Gasteiger partial charge in [0.05, 0.1) is 5.92 Å². The first-order valence-electron chi connectivity index (χ1n) is 5.04. The minimum atomic E-state index is -6.90. The zero-order valence-corrected chi connectivity index (χ0v) is 10.0. The predicted octanol–water partition coefficient (Wildman–Crippen LogP) is 4.00. The Balaban J connectivity index is 6.00. The van der Waals surface area contributed by atoms with E-state index >= 15 is 0 Å². The van der Waals surface area contributed by atoms with Crippen molar-refractivity contribution in [2.24, 2.45) is 5.92 Å². The van der Waals surface area contributed by atoms with Gasteiger partial charge in [0, 0.05) is 0 Å². The third-order valence-corrected chi connectivity index (χ3v) is 2.47. The van der Waals surface area contributed by atoms with Crippen molar-refractivity contribution in [3.63, 3.8) is 0 Å². The molecular formula is C9H9F9O2. The molecule has 2 nitrogen and oxygen atoms in total. The highest BCUT2D eigenvalue weighted by atomic mass is 19.4. The molecule has 0 aliphatic rings. The molecule has 0 rings (SSSR count). The number of alkyl halides is 9. The molecular weight excluding hydrogens is 311 g/mol. The highest BCUT2D eigenvalue weighted by molar-refractivity contribution is 5.72. The molecule has 11 heteroatoms. The van der Waals surface area contributed by atoms with E-state index in [1.807, 2.05) is 0 Å². The van der Waals surface area contributed by atoms with Gasteiger partial charge < -0.3 is 4.74 Å². The molecule has 0 N–H and O–H groups in total. The van der Waals surface area contributed by atoms with Crippen LogP contribution in [0, 0.1) is 5.92 Å². The Morgan fingerprint density at radius 3 is 1.40 bits per heavy atom. The summed E-state index contributed by atoms with van der Waals surface area (Å²) in [5.74, 6) is -3.79. The molecule has 1 atom stereocenters. The smallest absolute Gasteiger partial charge is 0.432 e. The largest absolute Gasteiger partial charge is 0.447 e. The third kappa shape index (κ3) is 3.11. The summed E-state index contributed by atoms with van der Waals surface area (Å²) >= 11 is 0. The molecule has 0 unspecified atom stereocenters. The maximum Gasteiger partial charge on any atom is 0.447 e. The fourth-order valence-electron chi connectivity index (χ4n) is 1.07. The van der Waals surface area contributed by atoms with Crippen LogP contribution in [-0.4, -0.2) is 30.1 Å². The Morgan fingerprint density at radius 2 is 1.20 bits per heavy atom.